The van der Waals surface area contributed by atoms with Crippen LogP contribution in [0.25, 0.3) is 10.1 Å². The summed E-state index contributed by atoms with van der Waals surface area (Å²) >= 11 is 7.58. The van der Waals surface area contributed by atoms with E-state index < -0.39 is 10.0 Å². The molecule has 3 rings (SSSR count). The van der Waals surface area contributed by atoms with E-state index in [0.29, 0.717) is 23.0 Å². The van der Waals surface area contributed by atoms with E-state index in [1.807, 2.05) is 19.9 Å². The van der Waals surface area contributed by atoms with Crippen LogP contribution in [-0.2, 0) is 10.0 Å². The third-order valence-corrected chi connectivity index (χ3v) is 8.04. The Labute approximate surface area is 146 Å². The van der Waals surface area contributed by atoms with Crippen molar-refractivity contribution in [1.29, 1.82) is 0 Å². The Morgan fingerprint density at radius 1 is 1.43 bits per heavy atom. The second kappa shape index (κ2) is 6.33. The number of halogens is 1. The smallest absolute Gasteiger partial charge is 0.244 e. The molecule has 0 aliphatic carbocycles. The summed E-state index contributed by atoms with van der Waals surface area (Å²) < 4.78 is 29.0. The Bertz CT molecular complexity index is 830. The third kappa shape index (κ3) is 3.15. The number of piperidine rings is 1. The number of hydrogen-bond donors (Lipinski definition) is 1. The van der Waals surface area contributed by atoms with Crippen LogP contribution < -0.4 is 5.73 Å². The van der Waals surface area contributed by atoms with Crippen molar-refractivity contribution >= 4 is 43.0 Å². The van der Waals surface area contributed by atoms with Crippen molar-refractivity contribution in [2.24, 2.45) is 11.7 Å². The van der Waals surface area contributed by atoms with E-state index in [0.717, 1.165) is 27.8 Å². The lowest BCUT2D eigenvalue weighted by Crippen LogP contribution is -2.45. The number of sulfonamides is 1. The molecule has 2 N–H and O–H groups in total. The topological polar surface area (TPSA) is 63.4 Å². The highest BCUT2D eigenvalue weighted by molar-refractivity contribution is 7.89. The molecule has 2 heterocycles. The summed E-state index contributed by atoms with van der Waals surface area (Å²) in [5.41, 5.74) is 5.99. The summed E-state index contributed by atoms with van der Waals surface area (Å²) in [6, 6.07) is 5.43. The molecule has 2 atom stereocenters. The maximum Gasteiger partial charge on any atom is 0.244 e. The zero-order chi connectivity index (χ0) is 16.8. The number of rotatable bonds is 3. The highest BCUT2D eigenvalue weighted by Crippen LogP contribution is 2.38. The van der Waals surface area contributed by atoms with Gasteiger partial charge in [-0.1, -0.05) is 11.6 Å². The first-order chi connectivity index (χ1) is 10.8. The van der Waals surface area contributed by atoms with Crippen molar-refractivity contribution in [2.45, 2.75) is 37.6 Å². The first-order valence-corrected chi connectivity index (χ1v) is 10.4. The van der Waals surface area contributed by atoms with Gasteiger partial charge in [-0.3, -0.25) is 0 Å². The number of hydrogen-bond acceptors (Lipinski definition) is 4. The minimum Gasteiger partial charge on any atom is -0.328 e. The molecule has 4 nitrogen and oxygen atoms in total. The van der Waals surface area contributed by atoms with Crippen molar-refractivity contribution < 1.29 is 8.42 Å². The largest absolute Gasteiger partial charge is 0.328 e. The summed E-state index contributed by atoms with van der Waals surface area (Å²) in [4.78, 5) is 1.22. The van der Waals surface area contributed by atoms with Gasteiger partial charge in [0.2, 0.25) is 10.0 Å². The summed E-state index contributed by atoms with van der Waals surface area (Å²) in [6.45, 7) is 4.87. The monoisotopic (exact) mass is 372 g/mol. The fourth-order valence-electron chi connectivity index (χ4n) is 3.24. The van der Waals surface area contributed by atoms with E-state index in [4.69, 9.17) is 17.3 Å². The quantitative estimate of drug-likeness (QED) is 0.895. The second-order valence-corrected chi connectivity index (χ2v) is 9.82. The molecular weight excluding hydrogens is 352 g/mol. The fourth-order valence-corrected chi connectivity index (χ4v) is 6.68. The fraction of sp³-hybridized carbons (Fsp3) is 0.500. The van der Waals surface area contributed by atoms with Crippen molar-refractivity contribution in [1.82, 2.24) is 4.31 Å². The van der Waals surface area contributed by atoms with Gasteiger partial charge in [0.05, 0.1) is 0 Å². The van der Waals surface area contributed by atoms with Crippen LogP contribution in [0.3, 0.4) is 0 Å². The lowest BCUT2D eigenvalue weighted by Gasteiger charge is -2.33. The average Bonchev–Trinajstić information content (AvgIpc) is 2.83. The lowest BCUT2D eigenvalue weighted by atomic mass is 9.93. The van der Waals surface area contributed by atoms with Gasteiger partial charge in [-0.2, -0.15) is 4.31 Å². The highest BCUT2D eigenvalue weighted by Gasteiger charge is 2.34. The van der Waals surface area contributed by atoms with E-state index in [-0.39, 0.29) is 12.0 Å². The summed E-state index contributed by atoms with van der Waals surface area (Å²) in [5, 5.41) is 1.28. The molecule has 2 aromatic rings. The minimum atomic E-state index is -3.53. The number of thiophene rings is 1. The van der Waals surface area contributed by atoms with Gasteiger partial charge in [0.1, 0.15) is 4.90 Å². The maximum absolute atomic E-state index is 13.2. The van der Waals surface area contributed by atoms with Crippen LogP contribution in [-0.4, -0.2) is 31.9 Å². The van der Waals surface area contributed by atoms with Gasteiger partial charge in [0.25, 0.3) is 0 Å². The van der Waals surface area contributed by atoms with Gasteiger partial charge >= 0.3 is 0 Å². The van der Waals surface area contributed by atoms with Crippen LogP contribution in [0.15, 0.2) is 23.1 Å². The number of fused-ring (bicyclic) bond motifs is 1. The van der Waals surface area contributed by atoms with Gasteiger partial charge < -0.3 is 5.73 Å². The number of nitrogens with two attached hydrogens (primary N) is 1. The minimum absolute atomic E-state index is 0.00256. The van der Waals surface area contributed by atoms with E-state index >= 15 is 0 Å². The van der Waals surface area contributed by atoms with Gasteiger partial charge in [0, 0.05) is 39.1 Å². The molecule has 23 heavy (non-hydrogen) atoms. The molecule has 1 aromatic carbocycles. The van der Waals surface area contributed by atoms with Crippen LogP contribution in [0.5, 0.6) is 0 Å². The zero-order valence-corrected chi connectivity index (χ0v) is 15.6. The molecular formula is C16H21ClN2O2S2. The number of benzene rings is 1. The molecule has 0 amide bonds. The van der Waals surface area contributed by atoms with E-state index in [1.165, 1.54) is 11.3 Å². The third-order valence-electron chi connectivity index (χ3n) is 4.53. The van der Waals surface area contributed by atoms with Crippen LogP contribution in [0.1, 0.15) is 24.6 Å². The van der Waals surface area contributed by atoms with Crippen molar-refractivity contribution in [3.05, 3.63) is 28.1 Å². The Kier molecular flexibility index (Phi) is 4.73. The normalized spacial score (nSPS) is 21.7. The Morgan fingerprint density at radius 2 is 2.17 bits per heavy atom. The van der Waals surface area contributed by atoms with Crippen molar-refractivity contribution in [3.63, 3.8) is 0 Å². The lowest BCUT2D eigenvalue weighted by molar-refractivity contribution is 0.243. The molecule has 2 unspecified atom stereocenters. The van der Waals surface area contributed by atoms with E-state index in [1.54, 1.807) is 16.4 Å². The molecule has 1 aliphatic heterocycles. The summed E-state index contributed by atoms with van der Waals surface area (Å²) in [7, 11) is -3.53. The first-order valence-electron chi connectivity index (χ1n) is 7.75. The number of nitrogens with zero attached hydrogens (tertiary/aromatic N) is 1. The molecule has 126 valence electrons. The molecule has 0 spiro atoms. The molecule has 0 saturated carbocycles. The molecule has 1 aliphatic rings. The average molecular weight is 373 g/mol. The van der Waals surface area contributed by atoms with Crippen LogP contribution in [0, 0.1) is 12.8 Å². The van der Waals surface area contributed by atoms with E-state index in [9.17, 15) is 8.42 Å². The van der Waals surface area contributed by atoms with Gasteiger partial charge in [-0.15, -0.1) is 11.3 Å². The standard InChI is InChI=1S/C16H21ClN2O2S2/c1-10(18)12-4-3-7-19(9-12)23(20,21)16-11(2)22-15-6-5-13(17)8-14(15)16/h5-6,8,10,12H,3-4,7,9,18H2,1-2H3. The molecule has 1 saturated heterocycles. The van der Waals surface area contributed by atoms with Crippen molar-refractivity contribution in [3.8, 4) is 0 Å². The predicted molar refractivity (Wildman–Crippen MR) is 96.7 cm³/mol. The predicted octanol–water partition coefficient (Wildman–Crippen LogP) is 3.61. The van der Waals surface area contributed by atoms with Gasteiger partial charge in [0.15, 0.2) is 0 Å². The molecule has 7 heteroatoms. The van der Waals surface area contributed by atoms with E-state index in [2.05, 4.69) is 0 Å². The SMILES string of the molecule is Cc1sc2ccc(Cl)cc2c1S(=O)(=O)N1CCCC(C(C)N)C1. The Balaban J connectivity index is 2.06. The molecule has 1 aromatic heterocycles. The van der Waals surface area contributed by atoms with Crippen LogP contribution in [0.4, 0.5) is 0 Å². The zero-order valence-electron chi connectivity index (χ0n) is 13.3. The number of aryl methyl sites for hydroxylation is 1. The Hall–Kier alpha value is -0.660. The van der Waals surface area contributed by atoms with Crippen molar-refractivity contribution in [2.75, 3.05) is 13.1 Å². The first kappa shape index (κ1) is 17.2. The van der Waals surface area contributed by atoms with Crippen LogP contribution in [0.2, 0.25) is 5.02 Å². The van der Waals surface area contributed by atoms with Crippen LogP contribution >= 0.6 is 22.9 Å². The molecule has 1 fully saturated rings. The summed E-state index contributed by atoms with van der Waals surface area (Å²) in [6.07, 6.45) is 1.84. The molecule has 0 radical (unpaired) electrons. The summed E-state index contributed by atoms with van der Waals surface area (Å²) in [5.74, 6) is 0.215. The second-order valence-electron chi connectivity index (χ2n) is 6.25. The highest BCUT2D eigenvalue weighted by atomic mass is 35.5. The Morgan fingerprint density at radius 3 is 2.87 bits per heavy atom. The molecule has 0 bridgehead atoms. The van der Waals surface area contributed by atoms with Gasteiger partial charge in [-0.25, -0.2) is 8.42 Å². The maximum atomic E-state index is 13.2. The van der Waals surface area contributed by atoms with Gasteiger partial charge in [-0.05, 0) is 50.8 Å².